The molecule has 0 spiro atoms. The van der Waals surface area contributed by atoms with Crippen LogP contribution >= 0.6 is 0 Å². The molecule has 0 aromatic heterocycles. The molecule has 0 unspecified atom stereocenters. The van der Waals surface area contributed by atoms with Crippen molar-refractivity contribution >= 4 is 35.1 Å². The average molecular weight is 316 g/mol. The molecule has 2 aliphatic carbocycles. The Balaban J connectivity index is 1.90. The van der Waals surface area contributed by atoms with E-state index in [2.05, 4.69) is 9.47 Å². The van der Waals surface area contributed by atoms with Gasteiger partial charge in [-0.05, 0) is 24.3 Å². The first-order chi connectivity index (χ1) is 10.9. The van der Waals surface area contributed by atoms with Crippen molar-refractivity contribution in [2.24, 2.45) is 0 Å². The van der Waals surface area contributed by atoms with Crippen LogP contribution in [0.3, 0.4) is 0 Å². The Bertz CT molecular complexity index is 696. The van der Waals surface area contributed by atoms with Crippen LogP contribution in [0.4, 0.5) is 0 Å². The number of carbonyl (C=O) groups excluding carboxylic acids is 6. The fourth-order valence-electron chi connectivity index (χ4n) is 1.63. The van der Waals surface area contributed by atoms with Crippen molar-refractivity contribution in [1.82, 2.24) is 0 Å². The maximum Gasteiger partial charge on any atom is 0.345 e. The minimum absolute atomic E-state index is 0.500. The van der Waals surface area contributed by atoms with E-state index in [1.165, 1.54) is 0 Å². The number of esters is 2. The average Bonchev–Trinajstić information content (AvgIpc) is 2.51. The van der Waals surface area contributed by atoms with Crippen LogP contribution in [-0.2, 0) is 38.2 Å². The molecule has 0 aliphatic heterocycles. The zero-order valence-electron chi connectivity index (χ0n) is 11.4. The molecule has 2 aliphatic rings. The van der Waals surface area contributed by atoms with Gasteiger partial charge in [0.1, 0.15) is 11.1 Å². The quantitative estimate of drug-likeness (QED) is 0.289. The van der Waals surface area contributed by atoms with Gasteiger partial charge in [-0.25, -0.2) is 9.59 Å². The molecule has 116 valence electrons. The van der Waals surface area contributed by atoms with E-state index in [0.29, 0.717) is 0 Å². The fourth-order valence-corrected chi connectivity index (χ4v) is 1.63. The monoisotopic (exact) mass is 316 g/mol. The molecule has 2 rings (SSSR count). The highest BCUT2D eigenvalue weighted by Gasteiger charge is 2.24. The third-order valence-corrected chi connectivity index (χ3v) is 2.72. The number of ether oxygens (including phenoxy) is 2. The molecule has 0 amide bonds. The first kappa shape index (κ1) is 16.0. The smallest absolute Gasteiger partial charge is 0.345 e. The summed E-state index contributed by atoms with van der Waals surface area (Å²) in [7, 11) is 0. The van der Waals surface area contributed by atoms with E-state index in [0.717, 1.165) is 36.5 Å². The van der Waals surface area contributed by atoms with Crippen LogP contribution in [-0.4, -0.2) is 41.9 Å². The summed E-state index contributed by atoms with van der Waals surface area (Å²) in [6.45, 7) is -0.886. The molecule has 8 heteroatoms. The number of carbonyl (C=O) groups is 6. The summed E-state index contributed by atoms with van der Waals surface area (Å²) in [6.07, 6.45) is 5.39. The van der Waals surface area contributed by atoms with Gasteiger partial charge in [-0.15, -0.1) is 0 Å². The van der Waals surface area contributed by atoms with Crippen molar-refractivity contribution in [1.29, 1.82) is 0 Å². The molecule has 0 N–H and O–H groups in total. The Labute approximate surface area is 128 Å². The minimum Gasteiger partial charge on any atom is -0.424 e. The largest absolute Gasteiger partial charge is 0.424 e. The van der Waals surface area contributed by atoms with E-state index in [1.807, 2.05) is 0 Å². The molecule has 0 heterocycles. The second-order valence-electron chi connectivity index (χ2n) is 4.30. The second-order valence-corrected chi connectivity index (χ2v) is 4.30. The highest BCUT2D eigenvalue weighted by molar-refractivity contribution is 6.29. The summed E-state index contributed by atoms with van der Waals surface area (Å²) in [5.74, 6) is -4.86. The van der Waals surface area contributed by atoms with E-state index >= 15 is 0 Å². The van der Waals surface area contributed by atoms with Crippen molar-refractivity contribution in [3.63, 3.8) is 0 Å². The molecule has 0 aromatic carbocycles. The number of hydrogen-bond acceptors (Lipinski definition) is 8. The maximum atomic E-state index is 11.6. The fraction of sp³-hybridized carbons (Fsp3) is 0.0667. The predicted octanol–water partition coefficient (Wildman–Crippen LogP) is -0.701. The van der Waals surface area contributed by atoms with Gasteiger partial charge in [-0.1, -0.05) is 0 Å². The SMILES string of the molecule is O=C1C=CC(=O)C(C(=O)OCOC(=O)C2=CC(=O)C=CC2=O)=C1. The molecular formula is C15H8O8. The van der Waals surface area contributed by atoms with Crippen LogP contribution < -0.4 is 0 Å². The highest BCUT2D eigenvalue weighted by Crippen LogP contribution is 2.09. The van der Waals surface area contributed by atoms with Gasteiger partial charge in [0.15, 0.2) is 23.1 Å². The van der Waals surface area contributed by atoms with Crippen LogP contribution in [0.25, 0.3) is 0 Å². The third kappa shape index (κ3) is 3.82. The van der Waals surface area contributed by atoms with Crippen LogP contribution in [0.5, 0.6) is 0 Å². The molecule has 8 nitrogen and oxygen atoms in total. The lowest BCUT2D eigenvalue weighted by molar-refractivity contribution is -0.162. The topological polar surface area (TPSA) is 121 Å². The van der Waals surface area contributed by atoms with Crippen LogP contribution in [0.1, 0.15) is 0 Å². The Kier molecular flexibility index (Phi) is 4.55. The van der Waals surface area contributed by atoms with Crippen molar-refractivity contribution in [2.75, 3.05) is 6.79 Å². The van der Waals surface area contributed by atoms with Gasteiger partial charge in [0, 0.05) is 12.2 Å². The lowest BCUT2D eigenvalue weighted by Crippen LogP contribution is -2.23. The normalized spacial score (nSPS) is 16.9. The van der Waals surface area contributed by atoms with Gasteiger partial charge in [0.2, 0.25) is 6.79 Å². The number of rotatable bonds is 4. The van der Waals surface area contributed by atoms with Gasteiger partial charge in [0.05, 0.1) is 0 Å². The first-order valence-corrected chi connectivity index (χ1v) is 6.19. The summed E-state index contributed by atoms with van der Waals surface area (Å²) in [4.78, 5) is 68.1. The number of ketones is 4. The number of hydrogen-bond donors (Lipinski definition) is 0. The summed E-state index contributed by atoms with van der Waals surface area (Å²) in [5.41, 5.74) is -1.00. The van der Waals surface area contributed by atoms with Crippen molar-refractivity contribution < 1.29 is 38.2 Å². The molecule has 0 radical (unpaired) electrons. The van der Waals surface area contributed by atoms with E-state index in [1.54, 1.807) is 0 Å². The molecule has 0 saturated carbocycles. The number of allylic oxidation sites excluding steroid dienone is 6. The van der Waals surface area contributed by atoms with Gasteiger partial charge < -0.3 is 9.47 Å². The zero-order chi connectivity index (χ0) is 17.0. The Morgan fingerprint density at radius 2 is 1.09 bits per heavy atom. The van der Waals surface area contributed by atoms with Crippen molar-refractivity contribution in [2.45, 2.75) is 0 Å². The van der Waals surface area contributed by atoms with E-state index in [4.69, 9.17) is 0 Å². The van der Waals surface area contributed by atoms with Crippen LogP contribution in [0.15, 0.2) is 47.6 Å². The summed E-state index contributed by atoms with van der Waals surface area (Å²) in [5, 5.41) is 0. The van der Waals surface area contributed by atoms with E-state index < -0.39 is 53.0 Å². The van der Waals surface area contributed by atoms with Crippen molar-refractivity contribution in [3.05, 3.63) is 47.6 Å². The van der Waals surface area contributed by atoms with Gasteiger partial charge in [-0.2, -0.15) is 0 Å². The van der Waals surface area contributed by atoms with Gasteiger partial charge >= 0.3 is 11.9 Å². The molecule has 23 heavy (non-hydrogen) atoms. The molecule has 0 atom stereocenters. The predicted molar refractivity (Wildman–Crippen MR) is 71.5 cm³/mol. The van der Waals surface area contributed by atoms with Gasteiger partial charge in [-0.3, -0.25) is 19.2 Å². The minimum atomic E-state index is -1.15. The summed E-state index contributed by atoms with van der Waals surface area (Å²) in [6, 6.07) is 0. The Hall–Kier alpha value is -3.42. The van der Waals surface area contributed by atoms with Gasteiger partial charge in [0.25, 0.3) is 0 Å². The molecule has 0 saturated heterocycles. The van der Waals surface area contributed by atoms with Crippen molar-refractivity contribution in [3.8, 4) is 0 Å². The summed E-state index contributed by atoms with van der Waals surface area (Å²) < 4.78 is 9.05. The Morgan fingerprint density at radius 3 is 1.48 bits per heavy atom. The first-order valence-electron chi connectivity index (χ1n) is 6.19. The molecule has 0 bridgehead atoms. The summed E-state index contributed by atoms with van der Waals surface area (Å²) >= 11 is 0. The second kappa shape index (κ2) is 6.56. The third-order valence-electron chi connectivity index (χ3n) is 2.72. The maximum absolute atomic E-state index is 11.6. The molecule has 0 aromatic rings. The standard InChI is InChI=1S/C15H8O8/c16-8-1-3-12(18)10(5-8)14(20)22-7-23-15(21)11-6-9(17)2-4-13(11)19/h1-6H,7H2. The zero-order valence-corrected chi connectivity index (χ0v) is 11.4. The molecule has 0 fully saturated rings. The lowest BCUT2D eigenvalue weighted by atomic mass is 10.0. The highest BCUT2D eigenvalue weighted by atomic mass is 16.7. The van der Waals surface area contributed by atoms with E-state index in [-0.39, 0.29) is 0 Å². The van der Waals surface area contributed by atoms with E-state index in [9.17, 15) is 28.8 Å². The molecular weight excluding hydrogens is 308 g/mol. The van der Waals surface area contributed by atoms with Crippen LogP contribution in [0.2, 0.25) is 0 Å². The van der Waals surface area contributed by atoms with Crippen LogP contribution in [0, 0.1) is 0 Å². The Morgan fingerprint density at radius 1 is 0.696 bits per heavy atom. The lowest BCUT2D eigenvalue weighted by Gasteiger charge is -2.09.